The van der Waals surface area contributed by atoms with Gasteiger partial charge in [0.15, 0.2) is 12.6 Å². The van der Waals surface area contributed by atoms with Gasteiger partial charge in [-0.3, -0.25) is 0 Å². The zero-order valence-corrected chi connectivity index (χ0v) is 7.04. The topological polar surface area (TPSA) is 35.5 Å². The zero-order valence-electron chi connectivity index (χ0n) is 5.46. The minimum Gasteiger partial charge on any atom is -0.349 e. The van der Waals surface area contributed by atoms with E-state index in [2.05, 4.69) is 15.9 Å². The van der Waals surface area contributed by atoms with Gasteiger partial charge < -0.3 is 14.3 Å². The highest BCUT2D eigenvalue weighted by Crippen LogP contribution is 2.13. The molecule has 2 atom stereocenters. The second-order valence-corrected chi connectivity index (χ2v) is 2.84. The Labute approximate surface area is 67.8 Å². The molecule has 3 nitrogen and oxygen atoms in total. The molecule has 0 aromatic rings. The van der Waals surface area contributed by atoms with E-state index in [1.807, 2.05) is 0 Å². The smallest absolute Gasteiger partial charge is 0.159 e. The highest BCUT2D eigenvalue weighted by Gasteiger charge is 2.24. The van der Waals surface area contributed by atoms with Crippen LogP contribution >= 0.6 is 15.9 Å². The number of hydrogen-bond donors (Lipinski definition) is 0. The summed E-state index contributed by atoms with van der Waals surface area (Å²) in [7, 11) is 0. The average Bonchev–Trinajstić information content (AvgIpc) is 2.37. The van der Waals surface area contributed by atoms with Crippen LogP contribution in [0, 0.1) is 0 Å². The summed E-state index contributed by atoms with van der Waals surface area (Å²) in [6.45, 7) is 0.404. The first-order valence-electron chi connectivity index (χ1n) is 3.15. The van der Waals surface area contributed by atoms with Crippen molar-refractivity contribution in [3.05, 3.63) is 0 Å². The highest BCUT2D eigenvalue weighted by atomic mass is 79.9. The molecule has 0 radical (unpaired) electrons. The van der Waals surface area contributed by atoms with Crippen LogP contribution in [0.5, 0.6) is 0 Å². The lowest BCUT2D eigenvalue weighted by atomic mass is 10.4. The molecule has 0 bridgehead atoms. The van der Waals surface area contributed by atoms with Gasteiger partial charge >= 0.3 is 0 Å². The zero-order chi connectivity index (χ0) is 7.40. The normalized spacial score (nSPS) is 32.5. The number of hydrogen-bond acceptors (Lipinski definition) is 3. The molecular weight excluding hydrogens is 200 g/mol. The predicted octanol–water partition coefficient (Wildman–Crippen LogP) is 0.712. The summed E-state index contributed by atoms with van der Waals surface area (Å²) in [5.41, 5.74) is 0. The SMILES string of the molecule is O=C[C@H]1CO[C@H](CCBr)O1. The summed E-state index contributed by atoms with van der Waals surface area (Å²) in [4.78, 5) is 10.1. The van der Waals surface area contributed by atoms with E-state index < -0.39 is 0 Å². The van der Waals surface area contributed by atoms with Gasteiger partial charge in [-0.1, -0.05) is 15.9 Å². The van der Waals surface area contributed by atoms with Crippen LogP contribution in [0.3, 0.4) is 0 Å². The van der Waals surface area contributed by atoms with Crippen molar-refractivity contribution < 1.29 is 14.3 Å². The number of halogens is 1. The third-order valence-electron chi connectivity index (χ3n) is 1.27. The van der Waals surface area contributed by atoms with Crippen LogP contribution in [-0.2, 0) is 14.3 Å². The van der Waals surface area contributed by atoms with Gasteiger partial charge in [-0.05, 0) is 0 Å². The van der Waals surface area contributed by atoms with E-state index in [4.69, 9.17) is 9.47 Å². The second kappa shape index (κ2) is 4.05. The maximum Gasteiger partial charge on any atom is 0.159 e. The van der Waals surface area contributed by atoms with Gasteiger partial charge in [-0.15, -0.1) is 0 Å². The molecule has 0 amide bonds. The van der Waals surface area contributed by atoms with Gasteiger partial charge in [0.2, 0.25) is 0 Å². The van der Waals surface area contributed by atoms with E-state index >= 15 is 0 Å². The van der Waals surface area contributed by atoms with Crippen molar-refractivity contribution in [3.8, 4) is 0 Å². The van der Waals surface area contributed by atoms with Crippen LogP contribution in [0.4, 0.5) is 0 Å². The molecule has 1 heterocycles. The molecule has 0 saturated carbocycles. The molecule has 4 heteroatoms. The maximum absolute atomic E-state index is 10.1. The van der Waals surface area contributed by atoms with Gasteiger partial charge in [0.1, 0.15) is 6.10 Å². The molecule has 0 unspecified atom stereocenters. The first kappa shape index (κ1) is 8.17. The number of ether oxygens (including phenoxy) is 2. The van der Waals surface area contributed by atoms with Crippen LogP contribution in [0.1, 0.15) is 6.42 Å². The highest BCUT2D eigenvalue weighted by molar-refractivity contribution is 9.09. The van der Waals surface area contributed by atoms with Crippen molar-refractivity contribution in [2.45, 2.75) is 18.8 Å². The quantitative estimate of drug-likeness (QED) is 0.507. The molecule has 1 fully saturated rings. The average molecular weight is 209 g/mol. The Hall–Kier alpha value is 0.0700. The van der Waals surface area contributed by atoms with Crippen molar-refractivity contribution in [2.75, 3.05) is 11.9 Å². The lowest BCUT2D eigenvalue weighted by molar-refractivity contribution is -0.119. The Morgan fingerprint density at radius 2 is 2.50 bits per heavy atom. The first-order valence-corrected chi connectivity index (χ1v) is 4.27. The Kier molecular flexibility index (Phi) is 3.31. The molecule has 1 aliphatic heterocycles. The van der Waals surface area contributed by atoms with E-state index in [0.717, 1.165) is 18.0 Å². The Bertz CT molecular complexity index is 118. The fraction of sp³-hybridized carbons (Fsp3) is 0.833. The molecule has 0 aromatic heterocycles. The van der Waals surface area contributed by atoms with Crippen LogP contribution in [0.25, 0.3) is 0 Å². The van der Waals surface area contributed by atoms with E-state index in [1.165, 1.54) is 0 Å². The van der Waals surface area contributed by atoms with Gasteiger partial charge in [-0.2, -0.15) is 0 Å². The van der Waals surface area contributed by atoms with Crippen LogP contribution in [-0.4, -0.2) is 30.6 Å². The molecule has 0 aromatic carbocycles. The molecule has 58 valence electrons. The first-order chi connectivity index (χ1) is 4.86. The summed E-state index contributed by atoms with van der Waals surface area (Å²) < 4.78 is 10.2. The molecule has 0 aliphatic carbocycles. The molecule has 0 N–H and O–H groups in total. The van der Waals surface area contributed by atoms with Gasteiger partial charge in [-0.25, -0.2) is 0 Å². The third kappa shape index (κ3) is 2.04. The van der Waals surface area contributed by atoms with E-state index in [-0.39, 0.29) is 12.4 Å². The summed E-state index contributed by atoms with van der Waals surface area (Å²) in [6, 6.07) is 0. The third-order valence-corrected chi connectivity index (χ3v) is 1.73. The standard InChI is InChI=1S/C6H9BrO3/c7-2-1-6-9-4-5(3-8)10-6/h3,5-6H,1-2,4H2/t5-,6-/m0/s1. The van der Waals surface area contributed by atoms with Crippen LogP contribution in [0.15, 0.2) is 0 Å². The van der Waals surface area contributed by atoms with Crippen molar-refractivity contribution in [2.24, 2.45) is 0 Å². The number of alkyl halides is 1. The molecule has 0 spiro atoms. The maximum atomic E-state index is 10.1. The van der Waals surface area contributed by atoms with E-state index in [9.17, 15) is 4.79 Å². The number of rotatable bonds is 3. The van der Waals surface area contributed by atoms with E-state index in [0.29, 0.717) is 6.61 Å². The van der Waals surface area contributed by atoms with Gasteiger partial charge in [0.25, 0.3) is 0 Å². The Morgan fingerprint density at radius 1 is 1.70 bits per heavy atom. The number of aldehydes is 1. The van der Waals surface area contributed by atoms with Crippen molar-refractivity contribution in [1.82, 2.24) is 0 Å². The van der Waals surface area contributed by atoms with Crippen molar-refractivity contribution in [1.29, 1.82) is 0 Å². The summed E-state index contributed by atoms with van der Waals surface area (Å²) in [6.07, 6.45) is 1.04. The minimum atomic E-state index is -0.343. The molecule has 1 saturated heterocycles. The van der Waals surface area contributed by atoms with E-state index in [1.54, 1.807) is 0 Å². The summed E-state index contributed by atoms with van der Waals surface area (Å²) in [5.74, 6) is 0. The second-order valence-electron chi connectivity index (χ2n) is 2.05. The fourth-order valence-corrected chi connectivity index (χ4v) is 1.16. The van der Waals surface area contributed by atoms with Crippen molar-refractivity contribution in [3.63, 3.8) is 0 Å². The van der Waals surface area contributed by atoms with Gasteiger partial charge in [0.05, 0.1) is 6.61 Å². The van der Waals surface area contributed by atoms with Crippen molar-refractivity contribution >= 4 is 22.2 Å². The van der Waals surface area contributed by atoms with Crippen LogP contribution in [0.2, 0.25) is 0 Å². The summed E-state index contributed by atoms with van der Waals surface area (Å²) >= 11 is 3.25. The molecule has 10 heavy (non-hydrogen) atoms. The molecule has 1 rings (SSSR count). The molecule has 1 aliphatic rings. The lowest BCUT2D eigenvalue weighted by Crippen LogP contribution is -2.13. The Morgan fingerprint density at radius 3 is 3.00 bits per heavy atom. The largest absolute Gasteiger partial charge is 0.349 e. The lowest BCUT2D eigenvalue weighted by Gasteiger charge is -2.05. The fourth-order valence-electron chi connectivity index (χ4n) is 0.788. The minimum absolute atomic E-state index is 0.186. The molecular formula is C6H9BrO3. The number of carbonyl (C=O) groups excluding carboxylic acids is 1. The van der Waals surface area contributed by atoms with Crippen LogP contribution < -0.4 is 0 Å². The monoisotopic (exact) mass is 208 g/mol. The predicted molar refractivity (Wildman–Crippen MR) is 39.1 cm³/mol. The Balaban J connectivity index is 2.21. The number of carbonyl (C=O) groups is 1. The van der Waals surface area contributed by atoms with Gasteiger partial charge in [0, 0.05) is 11.8 Å². The summed E-state index contributed by atoms with van der Waals surface area (Å²) in [5, 5.41) is 0.837.